The van der Waals surface area contributed by atoms with Crippen LogP contribution >= 0.6 is 0 Å². The topological polar surface area (TPSA) is 0 Å². The summed E-state index contributed by atoms with van der Waals surface area (Å²) < 4.78 is 13.7. The SMILES string of the molecule is CC1(C)Cc2ccccc2C1F.CCC. The molecule has 1 aromatic rings. The predicted octanol–water partition coefficient (Wildman–Crippen LogP) is 4.70. The third-order valence-electron chi connectivity index (χ3n) is 2.66. The van der Waals surface area contributed by atoms with E-state index in [-0.39, 0.29) is 5.41 Å². The van der Waals surface area contributed by atoms with Crippen LogP contribution in [-0.4, -0.2) is 0 Å². The van der Waals surface area contributed by atoms with Gasteiger partial charge in [0.15, 0.2) is 0 Å². The first kappa shape index (κ1) is 12.2. The molecule has 1 aliphatic carbocycles. The van der Waals surface area contributed by atoms with Crippen LogP contribution in [-0.2, 0) is 6.42 Å². The molecule has 0 N–H and O–H groups in total. The molecule has 0 aromatic heterocycles. The van der Waals surface area contributed by atoms with Gasteiger partial charge in [-0.05, 0) is 17.5 Å². The van der Waals surface area contributed by atoms with Crippen molar-refractivity contribution in [3.05, 3.63) is 35.4 Å². The summed E-state index contributed by atoms with van der Waals surface area (Å²) in [5.41, 5.74) is 1.86. The first-order valence-corrected chi connectivity index (χ1v) is 5.74. The molecule has 0 saturated heterocycles. The van der Waals surface area contributed by atoms with Crippen molar-refractivity contribution < 1.29 is 4.39 Å². The summed E-state index contributed by atoms with van der Waals surface area (Å²) >= 11 is 0. The fourth-order valence-corrected chi connectivity index (χ4v) is 1.94. The van der Waals surface area contributed by atoms with E-state index in [1.54, 1.807) is 0 Å². The van der Waals surface area contributed by atoms with Crippen LogP contribution in [0.25, 0.3) is 0 Å². The minimum Gasteiger partial charge on any atom is -0.242 e. The molecule has 0 radical (unpaired) electrons. The van der Waals surface area contributed by atoms with Gasteiger partial charge < -0.3 is 0 Å². The number of hydrogen-bond donors (Lipinski definition) is 0. The molecule has 2 rings (SSSR count). The highest BCUT2D eigenvalue weighted by Gasteiger charge is 2.38. The average Bonchev–Trinajstić information content (AvgIpc) is 2.40. The van der Waals surface area contributed by atoms with E-state index in [0.717, 1.165) is 12.0 Å². The van der Waals surface area contributed by atoms with Gasteiger partial charge in [-0.2, -0.15) is 0 Å². The van der Waals surface area contributed by atoms with Crippen molar-refractivity contribution in [1.29, 1.82) is 0 Å². The number of benzene rings is 1. The number of fused-ring (bicyclic) bond motifs is 1. The fourth-order valence-electron chi connectivity index (χ4n) is 1.94. The van der Waals surface area contributed by atoms with E-state index >= 15 is 0 Å². The highest BCUT2D eigenvalue weighted by molar-refractivity contribution is 5.36. The van der Waals surface area contributed by atoms with Crippen molar-refractivity contribution >= 4 is 0 Å². The Morgan fingerprint density at radius 3 is 2.33 bits per heavy atom. The van der Waals surface area contributed by atoms with Crippen LogP contribution < -0.4 is 0 Å². The molecule has 0 heterocycles. The predicted molar refractivity (Wildman–Crippen MR) is 63.7 cm³/mol. The zero-order valence-electron chi connectivity index (χ0n) is 10.2. The molecule has 1 heteroatoms. The Morgan fingerprint density at radius 1 is 1.27 bits per heavy atom. The van der Waals surface area contributed by atoms with Gasteiger partial charge in [-0.1, -0.05) is 58.4 Å². The van der Waals surface area contributed by atoms with E-state index < -0.39 is 6.17 Å². The smallest absolute Gasteiger partial charge is 0.131 e. The molecule has 0 aliphatic heterocycles. The lowest BCUT2D eigenvalue weighted by Crippen LogP contribution is -2.13. The maximum Gasteiger partial charge on any atom is 0.131 e. The molecule has 1 aliphatic rings. The van der Waals surface area contributed by atoms with Gasteiger partial charge in [0.1, 0.15) is 6.17 Å². The van der Waals surface area contributed by atoms with Crippen molar-refractivity contribution in [2.24, 2.45) is 5.41 Å². The second-order valence-electron chi connectivity index (χ2n) is 4.93. The molecule has 84 valence electrons. The maximum absolute atomic E-state index is 13.7. The lowest BCUT2D eigenvalue weighted by atomic mass is 9.88. The van der Waals surface area contributed by atoms with E-state index in [4.69, 9.17) is 0 Å². The van der Waals surface area contributed by atoms with E-state index in [0.29, 0.717) is 0 Å². The van der Waals surface area contributed by atoms with Crippen molar-refractivity contribution in [1.82, 2.24) is 0 Å². The van der Waals surface area contributed by atoms with Crippen LogP contribution in [0.1, 0.15) is 51.4 Å². The lowest BCUT2D eigenvalue weighted by molar-refractivity contribution is 0.167. The molecular weight excluding hydrogens is 187 g/mol. The Morgan fingerprint density at radius 2 is 1.80 bits per heavy atom. The number of alkyl halides is 1. The standard InChI is InChI=1S/C11H13F.C3H8/c1-11(2)7-8-5-3-4-6-9(8)10(11)12;1-3-2/h3-6,10H,7H2,1-2H3;3H2,1-2H3. The molecular formula is C14H21F. The highest BCUT2D eigenvalue weighted by Crippen LogP contribution is 2.47. The van der Waals surface area contributed by atoms with Gasteiger partial charge in [-0.15, -0.1) is 0 Å². The first-order valence-electron chi connectivity index (χ1n) is 5.74. The van der Waals surface area contributed by atoms with Crippen LogP contribution in [0, 0.1) is 5.41 Å². The highest BCUT2D eigenvalue weighted by atomic mass is 19.1. The number of rotatable bonds is 0. The molecule has 0 nitrogen and oxygen atoms in total. The van der Waals surface area contributed by atoms with Gasteiger partial charge in [-0.25, -0.2) is 4.39 Å². The summed E-state index contributed by atoms with van der Waals surface area (Å²) in [6, 6.07) is 7.81. The van der Waals surface area contributed by atoms with Crippen LogP contribution in [0.4, 0.5) is 4.39 Å². The van der Waals surface area contributed by atoms with Crippen molar-refractivity contribution in [3.63, 3.8) is 0 Å². The second kappa shape index (κ2) is 4.78. The minimum absolute atomic E-state index is 0.205. The van der Waals surface area contributed by atoms with Crippen molar-refractivity contribution in [2.75, 3.05) is 0 Å². The van der Waals surface area contributed by atoms with Gasteiger partial charge in [0.25, 0.3) is 0 Å². The Bertz CT molecular complexity index is 315. The van der Waals surface area contributed by atoms with E-state index in [2.05, 4.69) is 13.8 Å². The van der Waals surface area contributed by atoms with Crippen molar-refractivity contribution in [3.8, 4) is 0 Å². The monoisotopic (exact) mass is 208 g/mol. The summed E-state index contributed by atoms with van der Waals surface area (Å²) in [4.78, 5) is 0. The molecule has 0 spiro atoms. The molecule has 1 unspecified atom stereocenters. The zero-order valence-corrected chi connectivity index (χ0v) is 10.2. The third-order valence-corrected chi connectivity index (χ3v) is 2.66. The molecule has 15 heavy (non-hydrogen) atoms. The van der Waals surface area contributed by atoms with E-state index in [1.165, 1.54) is 12.0 Å². The Labute approximate surface area is 92.5 Å². The van der Waals surface area contributed by atoms with Crippen LogP contribution in [0.15, 0.2) is 24.3 Å². The average molecular weight is 208 g/mol. The Balaban J connectivity index is 0.000000337. The molecule has 0 saturated carbocycles. The summed E-state index contributed by atoms with van der Waals surface area (Å²) in [5.74, 6) is 0. The summed E-state index contributed by atoms with van der Waals surface area (Å²) in [7, 11) is 0. The van der Waals surface area contributed by atoms with Crippen molar-refractivity contribution in [2.45, 2.75) is 46.7 Å². The summed E-state index contributed by atoms with van der Waals surface area (Å²) in [6.07, 6.45) is 1.33. The Hall–Kier alpha value is -0.850. The van der Waals surface area contributed by atoms with Crippen LogP contribution in [0.2, 0.25) is 0 Å². The normalized spacial score (nSPS) is 21.5. The van der Waals surface area contributed by atoms with Gasteiger partial charge in [-0.3, -0.25) is 0 Å². The first-order chi connectivity index (χ1) is 7.03. The number of hydrogen-bond acceptors (Lipinski definition) is 0. The lowest BCUT2D eigenvalue weighted by Gasteiger charge is -2.19. The largest absolute Gasteiger partial charge is 0.242 e. The minimum atomic E-state index is -0.784. The van der Waals surface area contributed by atoms with Gasteiger partial charge in [0.2, 0.25) is 0 Å². The van der Waals surface area contributed by atoms with Gasteiger partial charge in [0.05, 0.1) is 0 Å². The van der Waals surface area contributed by atoms with Gasteiger partial charge in [0, 0.05) is 5.41 Å². The second-order valence-corrected chi connectivity index (χ2v) is 4.93. The maximum atomic E-state index is 13.7. The molecule has 0 fully saturated rings. The number of halogens is 1. The summed E-state index contributed by atoms with van der Waals surface area (Å²) in [6.45, 7) is 8.22. The molecule has 0 bridgehead atoms. The quantitative estimate of drug-likeness (QED) is 0.580. The fraction of sp³-hybridized carbons (Fsp3) is 0.571. The van der Waals surface area contributed by atoms with E-state index in [9.17, 15) is 4.39 Å². The molecule has 1 aromatic carbocycles. The Kier molecular flexibility index (Phi) is 3.90. The van der Waals surface area contributed by atoms with Crippen LogP contribution in [0.3, 0.4) is 0 Å². The van der Waals surface area contributed by atoms with Crippen LogP contribution in [0.5, 0.6) is 0 Å². The zero-order chi connectivity index (χ0) is 11.5. The third kappa shape index (κ3) is 2.58. The van der Waals surface area contributed by atoms with E-state index in [1.807, 2.05) is 38.1 Å². The molecule has 1 atom stereocenters. The summed E-state index contributed by atoms with van der Waals surface area (Å²) in [5, 5.41) is 0. The van der Waals surface area contributed by atoms with Gasteiger partial charge >= 0.3 is 0 Å². The molecule has 0 amide bonds.